The molecule has 0 saturated heterocycles. The second kappa shape index (κ2) is 8.43. The van der Waals surface area contributed by atoms with Crippen LogP contribution in [0, 0.1) is 5.92 Å². The second-order valence-electron chi connectivity index (χ2n) is 9.97. The van der Waals surface area contributed by atoms with Crippen LogP contribution in [-0.2, 0) is 16.0 Å². The highest BCUT2D eigenvalue weighted by Crippen LogP contribution is 2.55. The van der Waals surface area contributed by atoms with Gasteiger partial charge in [-0.3, -0.25) is 9.59 Å². The molecule has 2 bridgehead atoms. The van der Waals surface area contributed by atoms with Crippen molar-refractivity contribution < 1.29 is 9.59 Å². The second-order valence-corrected chi connectivity index (χ2v) is 9.97. The normalized spacial score (nSPS) is 24.1. The van der Waals surface area contributed by atoms with Crippen molar-refractivity contribution in [2.75, 3.05) is 13.1 Å². The molecule has 0 fully saturated rings. The van der Waals surface area contributed by atoms with Crippen LogP contribution >= 0.6 is 0 Å². The van der Waals surface area contributed by atoms with Gasteiger partial charge in [0.15, 0.2) is 0 Å². The van der Waals surface area contributed by atoms with Crippen LogP contribution in [-0.4, -0.2) is 29.8 Å². The van der Waals surface area contributed by atoms with Gasteiger partial charge in [0, 0.05) is 31.8 Å². The van der Waals surface area contributed by atoms with Crippen LogP contribution in [0.4, 0.5) is 0 Å². The van der Waals surface area contributed by atoms with E-state index in [0.717, 1.165) is 18.4 Å². The van der Waals surface area contributed by atoms with E-state index in [1.807, 2.05) is 17.0 Å². The maximum Gasteiger partial charge on any atom is 0.222 e. The van der Waals surface area contributed by atoms with Crippen LogP contribution in [0.2, 0.25) is 0 Å². The number of rotatable bonds is 4. The van der Waals surface area contributed by atoms with Gasteiger partial charge >= 0.3 is 0 Å². The molecular weight excluding hydrogens is 420 g/mol. The smallest absolute Gasteiger partial charge is 0.222 e. The molecule has 0 saturated carbocycles. The Labute approximate surface area is 201 Å². The van der Waals surface area contributed by atoms with Gasteiger partial charge < -0.3 is 10.2 Å². The Morgan fingerprint density at radius 3 is 2.09 bits per heavy atom. The van der Waals surface area contributed by atoms with Crippen LogP contribution in [0.1, 0.15) is 71.0 Å². The zero-order chi connectivity index (χ0) is 23.2. The summed E-state index contributed by atoms with van der Waals surface area (Å²) in [6.07, 6.45) is 2.22. The Morgan fingerprint density at radius 2 is 1.44 bits per heavy atom. The van der Waals surface area contributed by atoms with Crippen LogP contribution in [0.25, 0.3) is 0 Å². The van der Waals surface area contributed by atoms with Crippen molar-refractivity contribution in [3.63, 3.8) is 0 Å². The van der Waals surface area contributed by atoms with Gasteiger partial charge in [0.1, 0.15) is 0 Å². The fourth-order valence-electron chi connectivity index (χ4n) is 6.70. The molecule has 2 atom stereocenters. The molecule has 1 heterocycles. The predicted molar refractivity (Wildman–Crippen MR) is 133 cm³/mol. The quantitative estimate of drug-likeness (QED) is 0.612. The average molecular weight is 451 g/mol. The third-order valence-electron chi connectivity index (χ3n) is 8.18. The van der Waals surface area contributed by atoms with Crippen LogP contribution < -0.4 is 5.32 Å². The number of carbonyl (C=O) groups is 2. The highest BCUT2D eigenvalue weighted by molar-refractivity contribution is 5.79. The molecule has 172 valence electrons. The van der Waals surface area contributed by atoms with Crippen molar-refractivity contribution in [2.24, 2.45) is 5.92 Å². The Hall–Kier alpha value is -3.40. The van der Waals surface area contributed by atoms with Crippen LogP contribution in [0.5, 0.6) is 0 Å². The van der Waals surface area contributed by atoms with Gasteiger partial charge in [-0.05, 0) is 52.1 Å². The van der Waals surface area contributed by atoms with Gasteiger partial charge in [0.05, 0.1) is 12.5 Å². The minimum absolute atomic E-state index is 0.0240. The van der Waals surface area contributed by atoms with Crippen LogP contribution in [0.15, 0.2) is 72.8 Å². The molecule has 0 spiro atoms. The Morgan fingerprint density at radius 1 is 0.853 bits per heavy atom. The number of hydrogen-bond acceptors (Lipinski definition) is 2. The first-order valence-corrected chi connectivity index (χ1v) is 12.4. The SMILES string of the molecule is CC(=O)N1CCc2ccccc2C1CC(=O)NCC1CC2c3ccccc3C1c1ccccc12. The number of benzene rings is 3. The van der Waals surface area contributed by atoms with Crippen molar-refractivity contribution in [3.05, 3.63) is 106 Å². The molecule has 3 aromatic carbocycles. The number of nitrogens with one attached hydrogen (secondary N) is 1. The first kappa shape index (κ1) is 21.2. The summed E-state index contributed by atoms with van der Waals surface area (Å²) < 4.78 is 0. The van der Waals surface area contributed by atoms with Crippen molar-refractivity contribution in [3.8, 4) is 0 Å². The van der Waals surface area contributed by atoms with E-state index in [2.05, 4.69) is 66.0 Å². The number of hydrogen-bond donors (Lipinski definition) is 1. The molecule has 3 aromatic rings. The fraction of sp³-hybridized carbons (Fsp3) is 0.333. The summed E-state index contributed by atoms with van der Waals surface area (Å²) in [5.74, 6) is 1.15. The average Bonchev–Trinajstić information content (AvgIpc) is 2.87. The summed E-state index contributed by atoms with van der Waals surface area (Å²) in [5.41, 5.74) is 8.09. The zero-order valence-corrected chi connectivity index (χ0v) is 19.5. The number of carbonyl (C=O) groups excluding carboxylic acids is 2. The molecule has 1 N–H and O–H groups in total. The maximum atomic E-state index is 13.2. The standard InChI is InChI=1S/C30H30N2O2/c1-19(33)32-15-14-20-8-2-3-9-22(20)28(32)17-29(34)31-18-21-16-27-23-10-4-6-12-25(23)30(21)26-13-7-5-11-24(26)27/h2-13,21,27-28,30H,14-18H2,1H3,(H,31,34). The van der Waals surface area contributed by atoms with E-state index in [1.54, 1.807) is 6.92 Å². The molecule has 2 amide bonds. The lowest BCUT2D eigenvalue weighted by Gasteiger charge is -2.45. The van der Waals surface area contributed by atoms with Gasteiger partial charge in [-0.25, -0.2) is 0 Å². The van der Waals surface area contributed by atoms with Crippen molar-refractivity contribution in [2.45, 2.75) is 44.1 Å². The number of amides is 2. The highest BCUT2D eigenvalue weighted by Gasteiger charge is 2.43. The molecule has 0 radical (unpaired) electrons. The summed E-state index contributed by atoms with van der Waals surface area (Å²) in [6, 6.07) is 25.7. The van der Waals surface area contributed by atoms with E-state index in [1.165, 1.54) is 27.8 Å². The summed E-state index contributed by atoms with van der Waals surface area (Å²) in [5, 5.41) is 3.26. The molecule has 0 aromatic heterocycles. The Bertz CT molecular complexity index is 1220. The minimum atomic E-state index is -0.188. The third kappa shape index (κ3) is 3.44. The third-order valence-corrected chi connectivity index (χ3v) is 8.18. The largest absolute Gasteiger partial charge is 0.356 e. The molecule has 34 heavy (non-hydrogen) atoms. The molecule has 7 rings (SSSR count). The van der Waals surface area contributed by atoms with Gasteiger partial charge in [0.25, 0.3) is 0 Å². The highest BCUT2D eigenvalue weighted by atomic mass is 16.2. The van der Waals surface area contributed by atoms with Crippen molar-refractivity contribution in [1.29, 1.82) is 0 Å². The molecule has 3 aliphatic carbocycles. The molecule has 2 unspecified atom stereocenters. The predicted octanol–water partition coefficient (Wildman–Crippen LogP) is 4.94. The topological polar surface area (TPSA) is 49.4 Å². The molecule has 1 aliphatic heterocycles. The molecule has 4 heteroatoms. The fourth-order valence-corrected chi connectivity index (χ4v) is 6.70. The van der Waals surface area contributed by atoms with Gasteiger partial charge in [-0.2, -0.15) is 0 Å². The summed E-state index contributed by atoms with van der Waals surface area (Å²) in [6.45, 7) is 2.94. The van der Waals surface area contributed by atoms with E-state index in [-0.39, 0.29) is 17.9 Å². The summed E-state index contributed by atoms with van der Waals surface area (Å²) in [4.78, 5) is 27.4. The molecule has 4 aliphatic rings. The number of nitrogens with zero attached hydrogens (tertiary/aromatic N) is 1. The summed E-state index contributed by atoms with van der Waals surface area (Å²) >= 11 is 0. The lowest BCUT2D eigenvalue weighted by molar-refractivity contribution is -0.133. The first-order valence-electron chi connectivity index (χ1n) is 12.4. The van der Waals surface area contributed by atoms with E-state index in [4.69, 9.17) is 0 Å². The molecule has 4 nitrogen and oxygen atoms in total. The van der Waals surface area contributed by atoms with E-state index in [9.17, 15) is 9.59 Å². The maximum absolute atomic E-state index is 13.2. The van der Waals surface area contributed by atoms with Crippen LogP contribution in [0.3, 0.4) is 0 Å². The lowest BCUT2D eigenvalue weighted by Crippen LogP contribution is -2.43. The van der Waals surface area contributed by atoms with E-state index in [0.29, 0.717) is 37.3 Å². The summed E-state index contributed by atoms with van der Waals surface area (Å²) in [7, 11) is 0. The van der Waals surface area contributed by atoms with Gasteiger partial charge in [-0.1, -0.05) is 72.8 Å². The van der Waals surface area contributed by atoms with Crippen molar-refractivity contribution >= 4 is 11.8 Å². The Kier molecular flexibility index (Phi) is 5.24. The number of fused-ring (bicyclic) bond motifs is 2. The molecular formula is C30H30N2O2. The first-order chi connectivity index (χ1) is 16.6. The zero-order valence-electron chi connectivity index (χ0n) is 19.5. The van der Waals surface area contributed by atoms with Gasteiger partial charge in [0.2, 0.25) is 11.8 Å². The Balaban J connectivity index is 1.21. The van der Waals surface area contributed by atoms with Gasteiger partial charge in [-0.15, -0.1) is 0 Å². The minimum Gasteiger partial charge on any atom is -0.356 e. The monoisotopic (exact) mass is 450 g/mol. The van der Waals surface area contributed by atoms with E-state index >= 15 is 0 Å². The van der Waals surface area contributed by atoms with Crippen molar-refractivity contribution in [1.82, 2.24) is 10.2 Å². The lowest BCUT2D eigenvalue weighted by atomic mass is 9.59. The van der Waals surface area contributed by atoms with E-state index < -0.39 is 0 Å².